The molecule has 0 bridgehead atoms. The highest BCUT2D eigenvalue weighted by Gasteiger charge is 2.22. The van der Waals surface area contributed by atoms with Crippen molar-refractivity contribution in [3.8, 4) is 0 Å². The fourth-order valence-electron chi connectivity index (χ4n) is 2.03. The summed E-state index contributed by atoms with van der Waals surface area (Å²) in [6.45, 7) is 4.33. The van der Waals surface area contributed by atoms with Gasteiger partial charge in [-0.3, -0.25) is 5.32 Å². The Bertz CT molecular complexity index is 598. The van der Waals surface area contributed by atoms with Crippen molar-refractivity contribution in [1.82, 2.24) is 5.32 Å². The average molecular weight is 307 g/mol. The molecule has 0 radical (unpaired) electrons. The molecule has 1 N–H and O–H groups in total. The molecular formula is C16H18FNO2S. The lowest BCUT2D eigenvalue weighted by Crippen LogP contribution is -2.29. The van der Waals surface area contributed by atoms with E-state index in [1.165, 1.54) is 6.07 Å². The Labute approximate surface area is 127 Å². The Hall–Kier alpha value is -1.72. The second-order valence-electron chi connectivity index (χ2n) is 4.65. The predicted octanol–water partition coefficient (Wildman–Crippen LogP) is 3.59. The fourth-order valence-corrected chi connectivity index (χ4v) is 2.68. The summed E-state index contributed by atoms with van der Waals surface area (Å²) in [6.07, 6.45) is 0. The number of carbonyl (C=O) groups is 1. The standard InChI is InChI=1S/C16H18FNO2S/c1-3-20-16(19)15(18-10-13-5-4-8-21-13)12-6-7-14(17)11(2)9-12/h4-9,15,18H,3,10H2,1-2H3. The Morgan fingerprint density at radius 2 is 2.24 bits per heavy atom. The minimum atomic E-state index is -0.591. The van der Waals surface area contributed by atoms with Gasteiger partial charge in [0.1, 0.15) is 11.9 Å². The number of thiophene rings is 1. The number of benzene rings is 1. The van der Waals surface area contributed by atoms with E-state index in [0.29, 0.717) is 24.3 Å². The van der Waals surface area contributed by atoms with E-state index < -0.39 is 6.04 Å². The zero-order chi connectivity index (χ0) is 15.2. The molecule has 2 aromatic rings. The maximum atomic E-state index is 13.4. The monoisotopic (exact) mass is 307 g/mol. The van der Waals surface area contributed by atoms with Gasteiger partial charge in [-0.2, -0.15) is 0 Å². The van der Waals surface area contributed by atoms with Crippen molar-refractivity contribution in [2.45, 2.75) is 26.4 Å². The number of nitrogens with one attached hydrogen (secondary N) is 1. The topological polar surface area (TPSA) is 38.3 Å². The number of hydrogen-bond acceptors (Lipinski definition) is 4. The highest BCUT2D eigenvalue weighted by atomic mass is 32.1. The Morgan fingerprint density at radius 1 is 1.43 bits per heavy atom. The first-order valence-corrected chi connectivity index (χ1v) is 7.68. The second-order valence-corrected chi connectivity index (χ2v) is 5.69. The van der Waals surface area contributed by atoms with Crippen molar-refractivity contribution in [3.05, 3.63) is 57.5 Å². The minimum absolute atomic E-state index is 0.278. The van der Waals surface area contributed by atoms with Crippen molar-refractivity contribution in [2.75, 3.05) is 6.61 Å². The molecular weight excluding hydrogens is 289 g/mol. The maximum absolute atomic E-state index is 13.4. The van der Waals surface area contributed by atoms with Gasteiger partial charge >= 0.3 is 5.97 Å². The molecule has 1 atom stereocenters. The Morgan fingerprint density at radius 3 is 2.86 bits per heavy atom. The molecule has 112 valence electrons. The smallest absolute Gasteiger partial charge is 0.327 e. The highest BCUT2D eigenvalue weighted by Crippen LogP contribution is 2.20. The molecule has 0 fully saturated rings. The van der Waals surface area contributed by atoms with Crippen LogP contribution in [0.4, 0.5) is 4.39 Å². The van der Waals surface area contributed by atoms with Gasteiger partial charge in [-0.1, -0.05) is 18.2 Å². The maximum Gasteiger partial charge on any atom is 0.327 e. The van der Waals surface area contributed by atoms with Gasteiger partial charge in [0.25, 0.3) is 0 Å². The number of hydrogen-bond donors (Lipinski definition) is 1. The van der Waals surface area contributed by atoms with Gasteiger partial charge in [0.05, 0.1) is 6.61 Å². The lowest BCUT2D eigenvalue weighted by molar-refractivity contribution is -0.145. The average Bonchev–Trinajstić information content (AvgIpc) is 2.96. The van der Waals surface area contributed by atoms with Crippen LogP contribution in [0.1, 0.15) is 29.0 Å². The first-order valence-electron chi connectivity index (χ1n) is 6.80. The van der Waals surface area contributed by atoms with Crippen LogP contribution in [-0.4, -0.2) is 12.6 Å². The fraction of sp³-hybridized carbons (Fsp3) is 0.312. The van der Waals surface area contributed by atoms with Crippen molar-refractivity contribution in [2.24, 2.45) is 0 Å². The van der Waals surface area contributed by atoms with Gasteiger partial charge in [0.2, 0.25) is 0 Å². The molecule has 0 amide bonds. The number of aryl methyl sites for hydroxylation is 1. The van der Waals surface area contributed by atoms with Crippen LogP contribution in [-0.2, 0) is 16.1 Å². The van der Waals surface area contributed by atoms with Crippen LogP contribution in [0.25, 0.3) is 0 Å². The van der Waals surface area contributed by atoms with E-state index in [-0.39, 0.29) is 11.8 Å². The molecule has 0 aliphatic heterocycles. The van der Waals surface area contributed by atoms with Gasteiger partial charge in [0.15, 0.2) is 0 Å². The third kappa shape index (κ3) is 4.12. The Balaban J connectivity index is 2.18. The molecule has 1 aromatic carbocycles. The SMILES string of the molecule is CCOC(=O)C(NCc1cccs1)c1ccc(F)c(C)c1. The highest BCUT2D eigenvalue weighted by molar-refractivity contribution is 7.09. The van der Waals surface area contributed by atoms with Gasteiger partial charge in [-0.15, -0.1) is 11.3 Å². The van der Waals surface area contributed by atoms with E-state index in [9.17, 15) is 9.18 Å². The van der Waals surface area contributed by atoms with Gasteiger partial charge < -0.3 is 4.74 Å². The molecule has 0 aliphatic rings. The van der Waals surface area contributed by atoms with Crippen LogP contribution in [0.5, 0.6) is 0 Å². The van der Waals surface area contributed by atoms with E-state index in [0.717, 1.165) is 4.88 Å². The molecule has 1 heterocycles. The second kappa shape index (κ2) is 7.33. The zero-order valence-corrected chi connectivity index (χ0v) is 12.9. The van der Waals surface area contributed by atoms with E-state index in [2.05, 4.69) is 5.32 Å². The summed E-state index contributed by atoms with van der Waals surface area (Å²) in [5.41, 5.74) is 1.23. The molecule has 0 saturated heterocycles. The van der Waals surface area contributed by atoms with Crippen molar-refractivity contribution in [1.29, 1.82) is 0 Å². The van der Waals surface area contributed by atoms with Gasteiger partial charge in [0, 0.05) is 11.4 Å². The summed E-state index contributed by atoms with van der Waals surface area (Å²) in [7, 11) is 0. The molecule has 0 spiro atoms. The van der Waals surface area contributed by atoms with E-state index in [4.69, 9.17) is 4.74 Å². The first-order chi connectivity index (χ1) is 10.1. The summed E-state index contributed by atoms with van der Waals surface area (Å²) in [4.78, 5) is 13.3. The molecule has 5 heteroatoms. The Kier molecular flexibility index (Phi) is 5.47. The zero-order valence-electron chi connectivity index (χ0n) is 12.1. The van der Waals surface area contributed by atoms with Crippen molar-refractivity contribution in [3.63, 3.8) is 0 Å². The van der Waals surface area contributed by atoms with Gasteiger partial charge in [-0.05, 0) is 42.5 Å². The van der Waals surface area contributed by atoms with E-state index in [1.807, 2.05) is 17.5 Å². The minimum Gasteiger partial charge on any atom is -0.465 e. The largest absolute Gasteiger partial charge is 0.465 e. The van der Waals surface area contributed by atoms with Crippen LogP contribution in [0.3, 0.4) is 0 Å². The summed E-state index contributed by atoms with van der Waals surface area (Å²) in [5, 5.41) is 5.17. The third-order valence-corrected chi connectivity index (χ3v) is 3.97. The number of esters is 1. The third-order valence-electron chi connectivity index (χ3n) is 3.10. The summed E-state index contributed by atoms with van der Waals surface area (Å²) in [6, 6.07) is 8.04. The summed E-state index contributed by atoms with van der Waals surface area (Å²) < 4.78 is 18.5. The summed E-state index contributed by atoms with van der Waals surface area (Å²) >= 11 is 1.62. The molecule has 0 aliphatic carbocycles. The van der Waals surface area contributed by atoms with Crippen molar-refractivity contribution < 1.29 is 13.9 Å². The van der Waals surface area contributed by atoms with Crippen LogP contribution >= 0.6 is 11.3 Å². The molecule has 21 heavy (non-hydrogen) atoms. The number of rotatable bonds is 6. The summed E-state index contributed by atoms with van der Waals surface area (Å²) in [5.74, 6) is -0.625. The number of halogens is 1. The van der Waals surface area contributed by atoms with Crippen LogP contribution in [0, 0.1) is 12.7 Å². The predicted molar refractivity (Wildman–Crippen MR) is 81.7 cm³/mol. The molecule has 2 rings (SSSR count). The normalized spacial score (nSPS) is 12.1. The van der Waals surface area contributed by atoms with Crippen molar-refractivity contribution >= 4 is 17.3 Å². The molecule has 1 aromatic heterocycles. The molecule has 0 saturated carbocycles. The quantitative estimate of drug-likeness (QED) is 0.829. The number of carbonyl (C=O) groups excluding carboxylic acids is 1. The van der Waals surface area contributed by atoms with Crippen LogP contribution < -0.4 is 5.32 Å². The van der Waals surface area contributed by atoms with Crippen LogP contribution in [0.15, 0.2) is 35.7 Å². The first kappa shape index (κ1) is 15.7. The molecule has 1 unspecified atom stereocenters. The molecule has 3 nitrogen and oxygen atoms in total. The number of ether oxygens (including phenoxy) is 1. The lowest BCUT2D eigenvalue weighted by Gasteiger charge is -2.18. The lowest BCUT2D eigenvalue weighted by atomic mass is 10.0. The van der Waals surface area contributed by atoms with E-state index >= 15 is 0 Å². The van der Waals surface area contributed by atoms with Gasteiger partial charge in [-0.25, -0.2) is 9.18 Å². The van der Waals surface area contributed by atoms with E-state index in [1.54, 1.807) is 37.3 Å². The van der Waals surface area contributed by atoms with Crippen LogP contribution in [0.2, 0.25) is 0 Å².